The van der Waals surface area contributed by atoms with Crippen LogP contribution in [0.4, 0.5) is 5.00 Å². The van der Waals surface area contributed by atoms with E-state index in [0.29, 0.717) is 21.3 Å². The lowest BCUT2D eigenvalue weighted by atomic mass is 9.97. The lowest BCUT2D eigenvalue weighted by Crippen LogP contribution is -2.22. The molecule has 1 aliphatic rings. The minimum atomic E-state index is -0.126. The number of benzene rings is 1. The monoisotopic (exact) mass is 389 g/mol. The molecule has 2 aromatic rings. The van der Waals surface area contributed by atoms with Gasteiger partial charge in [0.2, 0.25) is 5.91 Å². The number of halogens is 1. The Labute approximate surface area is 161 Å². The van der Waals surface area contributed by atoms with Gasteiger partial charge in [-0.2, -0.15) is 5.26 Å². The van der Waals surface area contributed by atoms with Crippen LogP contribution in [0.1, 0.15) is 40.8 Å². The van der Waals surface area contributed by atoms with E-state index in [0.717, 1.165) is 35.5 Å². The molecule has 1 aliphatic heterocycles. The zero-order valence-corrected chi connectivity index (χ0v) is 16.3. The summed E-state index contributed by atoms with van der Waals surface area (Å²) in [6.45, 7) is 3.56. The molecule has 136 valence electrons. The van der Waals surface area contributed by atoms with Crippen molar-refractivity contribution < 1.29 is 9.53 Å². The number of thiophene rings is 1. The van der Waals surface area contributed by atoms with Crippen LogP contribution in [0.15, 0.2) is 18.2 Å². The number of rotatable bonds is 5. The molecule has 2 N–H and O–H groups in total. The highest BCUT2D eigenvalue weighted by atomic mass is 35.5. The molecule has 1 atom stereocenters. The van der Waals surface area contributed by atoms with Gasteiger partial charge in [0, 0.05) is 22.9 Å². The van der Waals surface area contributed by atoms with Crippen LogP contribution in [0.5, 0.6) is 5.75 Å². The number of amides is 1. The normalized spacial score (nSPS) is 14.2. The lowest BCUT2D eigenvalue weighted by molar-refractivity contribution is -0.116. The molecule has 0 saturated heterocycles. The Kier molecular flexibility index (Phi) is 5.82. The number of carbonyl (C=O) groups is 1. The Bertz CT molecular complexity index is 872. The second-order valence-electron chi connectivity index (χ2n) is 6.29. The summed E-state index contributed by atoms with van der Waals surface area (Å²) in [5.74, 6) is 0.515. The molecule has 0 fully saturated rings. The molecular weight excluding hydrogens is 370 g/mol. The van der Waals surface area contributed by atoms with Gasteiger partial charge in [-0.3, -0.25) is 4.79 Å². The third kappa shape index (κ3) is 3.85. The molecule has 26 heavy (non-hydrogen) atoms. The molecule has 0 radical (unpaired) electrons. The highest BCUT2D eigenvalue weighted by molar-refractivity contribution is 7.16. The molecule has 1 aromatic carbocycles. The van der Waals surface area contributed by atoms with Crippen molar-refractivity contribution in [3.05, 3.63) is 44.8 Å². The van der Waals surface area contributed by atoms with Gasteiger partial charge in [-0.25, -0.2) is 0 Å². The molecule has 1 unspecified atom stereocenters. The van der Waals surface area contributed by atoms with Crippen LogP contribution in [0.2, 0.25) is 5.02 Å². The van der Waals surface area contributed by atoms with E-state index in [9.17, 15) is 10.1 Å². The SMILES string of the molecule is COc1ccc(Cl)c(C(C)CC(=O)Nc2sc3c(c2C#N)CCNC3)c1. The largest absolute Gasteiger partial charge is 0.497 e. The van der Waals surface area contributed by atoms with Gasteiger partial charge >= 0.3 is 0 Å². The lowest BCUT2D eigenvalue weighted by Gasteiger charge is -2.14. The first-order valence-electron chi connectivity index (χ1n) is 8.42. The predicted molar refractivity (Wildman–Crippen MR) is 104 cm³/mol. The van der Waals surface area contributed by atoms with Crippen molar-refractivity contribution >= 4 is 33.8 Å². The fourth-order valence-electron chi connectivity index (χ4n) is 3.13. The Morgan fingerprint density at radius 1 is 1.54 bits per heavy atom. The van der Waals surface area contributed by atoms with Crippen LogP contribution >= 0.6 is 22.9 Å². The van der Waals surface area contributed by atoms with Crippen molar-refractivity contribution in [2.24, 2.45) is 0 Å². The van der Waals surface area contributed by atoms with E-state index in [1.807, 2.05) is 13.0 Å². The van der Waals surface area contributed by atoms with Crippen molar-refractivity contribution in [2.75, 3.05) is 19.0 Å². The van der Waals surface area contributed by atoms with E-state index in [2.05, 4.69) is 16.7 Å². The van der Waals surface area contributed by atoms with Crippen molar-refractivity contribution in [2.45, 2.75) is 32.2 Å². The van der Waals surface area contributed by atoms with Crippen LogP contribution in [0, 0.1) is 11.3 Å². The van der Waals surface area contributed by atoms with Gasteiger partial charge in [0.1, 0.15) is 16.8 Å². The van der Waals surface area contributed by atoms with E-state index in [1.54, 1.807) is 19.2 Å². The Balaban J connectivity index is 1.73. The Morgan fingerprint density at radius 3 is 3.08 bits per heavy atom. The maximum absolute atomic E-state index is 12.5. The summed E-state index contributed by atoms with van der Waals surface area (Å²) < 4.78 is 5.24. The molecule has 1 amide bonds. The van der Waals surface area contributed by atoms with Crippen LogP contribution in [0.3, 0.4) is 0 Å². The van der Waals surface area contributed by atoms with Gasteiger partial charge in [0.05, 0.1) is 12.7 Å². The van der Waals surface area contributed by atoms with Crippen molar-refractivity contribution in [3.8, 4) is 11.8 Å². The Morgan fingerprint density at radius 2 is 2.35 bits per heavy atom. The summed E-state index contributed by atoms with van der Waals surface area (Å²) in [5, 5.41) is 17.0. The first-order valence-corrected chi connectivity index (χ1v) is 9.61. The fourth-order valence-corrected chi connectivity index (χ4v) is 4.62. The maximum atomic E-state index is 12.5. The number of hydrogen-bond acceptors (Lipinski definition) is 5. The number of methoxy groups -OCH3 is 1. The first kappa shape index (κ1) is 18.7. The van der Waals surface area contributed by atoms with Crippen LogP contribution in [0.25, 0.3) is 0 Å². The topological polar surface area (TPSA) is 74.1 Å². The van der Waals surface area contributed by atoms with Crippen molar-refractivity contribution in [1.29, 1.82) is 5.26 Å². The summed E-state index contributed by atoms with van der Waals surface area (Å²) in [7, 11) is 1.60. The zero-order chi connectivity index (χ0) is 18.7. The number of fused-ring (bicyclic) bond motifs is 1. The third-order valence-electron chi connectivity index (χ3n) is 4.52. The smallest absolute Gasteiger partial charge is 0.225 e. The van der Waals surface area contributed by atoms with Gasteiger partial charge < -0.3 is 15.4 Å². The number of nitrogens with zero attached hydrogens (tertiary/aromatic N) is 1. The highest BCUT2D eigenvalue weighted by Crippen LogP contribution is 2.36. The van der Waals surface area contributed by atoms with Crippen molar-refractivity contribution in [1.82, 2.24) is 5.32 Å². The van der Waals surface area contributed by atoms with Crippen LogP contribution in [-0.2, 0) is 17.8 Å². The van der Waals surface area contributed by atoms with Crippen molar-refractivity contribution in [3.63, 3.8) is 0 Å². The molecule has 0 aliphatic carbocycles. The summed E-state index contributed by atoms with van der Waals surface area (Å²) in [6, 6.07) is 7.68. The molecule has 2 heterocycles. The number of anilines is 1. The Hall–Kier alpha value is -2.07. The van der Waals surface area contributed by atoms with E-state index >= 15 is 0 Å². The standard InChI is InChI=1S/C19H20ClN3O2S/c1-11(14-8-12(25-2)3-4-16(14)20)7-18(24)23-19-15(9-21)13-5-6-22-10-17(13)26-19/h3-4,8,11,22H,5-7,10H2,1-2H3,(H,23,24). The fraction of sp³-hybridized carbons (Fsp3) is 0.368. The molecule has 3 rings (SSSR count). The van der Waals surface area contributed by atoms with E-state index < -0.39 is 0 Å². The molecule has 5 nitrogen and oxygen atoms in total. The maximum Gasteiger partial charge on any atom is 0.225 e. The number of carbonyl (C=O) groups excluding carboxylic acids is 1. The summed E-state index contributed by atoms with van der Waals surface area (Å²) in [4.78, 5) is 13.7. The summed E-state index contributed by atoms with van der Waals surface area (Å²) in [6.07, 6.45) is 1.10. The minimum absolute atomic E-state index is 0.0700. The summed E-state index contributed by atoms with van der Waals surface area (Å²) in [5.41, 5.74) is 2.54. The number of nitrogens with one attached hydrogen (secondary N) is 2. The van der Waals surface area contributed by atoms with Gasteiger partial charge in [0.25, 0.3) is 0 Å². The zero-order valence-electron chi connectivity index (χ0n) is 14.7. The third-order valence-corrected chi connectivity index (χ3v) is 6.01. The number of hydrogen-bond donors (Lipinski definition) is 2. The van der Waals surface area contributed by atoms with Gasteiger partial charge in [-0.05, 0) is 48.2 Å². The predicted octanol–water partition coefficient (Wildman–Crippen LogP) is 4.06. The average molecular weight is 390 g/mol. The molecule has 0 saturated carbocycles. The summed E-state index contributed by atoms with van der Waals surface area (Å²) >= 11 is 7.76. The second-order valence-corrected chi connectivity index (χ2v) is 7.80. The second kappa shape index (κ2) is 8.09. The quantitative estimate of drug-likeness (QED) is 0.808. The van der Waals surface area contributed by atoms with Crippen LogP contribution in [-0.4, -0.2) is 19.6 Å². The molecule has 0 spiro atoms. The van der Waals surface area contributed by atoms with Gasteiger partial charge in [-0.1, -0.05) is 18.5 Å². The molecular formula is C19H20ClN3O2S. The highest BCUT2D eigenvalue weighted by Gasteiger charge is 2.22. The minimum Gasteiger partial charge on any atom is -0.497 e. The number of ether oxygens (including phenoxy) is 1. The molecule has 7 heteroatoms. The molecule has 0 bridgehead atoms. The van der Waals surface area contributed by atoms with Gasteiger partial charge in [0.15, 0.2) is 0 Å². The van der Waals surface area contributed by atoms with Crippen LogP contribution < -0.4 is 15.4 Å². The van der Waals surface area contributed by atoms with E-state index in [4.69, 9.17) is 16.3 Å². The van der Waals surface area contributed by atoms with E-state index in [-0.39, 0.29) is 18.2 Å². The molecule has 1 aromatic heterocycles. The first-order chi connectivity index (χ1) is 12.5. The van der Waals surface area contributed by atoms with E-state index in [1.165, 1.54) is 11.3 Å². The average Bonchev–Trinajstić information content (AvgIpc) is 2.98. The number of nitriles is 1. The van der Waals surface area contributed by atoms with Gasteiger partial charge in [-0.15, -0.1) is 11.3 Å².